The average Bonchev–Trinajstić information content (AvgIpc) is 3.44. The second kappa shape index (κ2) is 8.89. The molecule has 1 aromatic heterocycles. The van der Waals surface area contributed by atoms with E-state index < -0.39 is 0 Å². The van der Waals surface area contributed by atoms with Gasteiger partial charge in [-0.15, -0.1) is 11.3 Å². The van der Waals surface area contributed by atoms with Crippen LogP contribution in [0, 0.1) is 0 Å². The van der Waals surface area contributed by atoms with E-state index in [-0.39, 0.29) is 12.0 Å². The summed E-state index contributed by atoms with van der Waals surface area (Å²) in [7, 11) is 1.63. The van der Waals surface area contributed by atoms with Crippen LogP contribution in [0.3, 0.4) is 0 Å². The van der Waals surface area contributed by atoms with Gasteiger partial charge in [0.1, 0.15) is 5.75 Å². The van der Waals surface area contributed by atoms with E-state index in [9.17, 15) is 4.79 Å². The second-order valence-electron chi connectivity index (χ2n) is 6.87. The minimum absolute atomic E-state index is 0.108. The van der Waals surface area contributed by atoms with E-state index in [0.29, 0.717) is 17.9 Å². The minimum Gasteiger partial charge on any atom is -0.496 e. The van der Waals surface area contributed by atoms with Gasteiger partial charge in [0, 0.05) is 42.7 Å². The lowest BCUT2D eigenvalue weighted by molar-refractivity contribution is 0.0858. The van der Waals surface area contributed by atoms with E-state index in [2.05, 4.69) is 10.2 Å². The molecule has 2 fully saturated rings. The summed E-state index contributed by atoms with van der Waals surface area (Å²) in [5, 5.41) is 5.95. The normalized spacial score (nSPS) is 19.6. The lowest BCUT2D eigenvalue weighted by Gasteiger charge is -2.26. The Hall–Kier alpha value is -2.16. The molecule has 1 unspecified atom stereocenters. The molecule has 2 saturated heterocycles. The molecule has 1 amide bonds. The van der Waals surface area contributed by atoms with Crippen molar-refractivity contribution < 1.29 is 19.0 Å². The van der Waals surface area contributed by atoms with Crippen LogP contribution in [0.1, 0.15) is 23.2 Å². The van der Waals surface area contributed by atoms with Crippen molar-refractivity contribution in [3.8, 4) is 17.0 Å². The van der Waals surface area contributed by atoms with Crippen LogP contribution in [-0.4, -0.2) is 63.6 Å². The predicted octanol–water partition coefficient (Wildman–Crippen LogP) is 2.56. The molecule has 1 atom stereocenters. The maximum atomic E-state index is 12.6. The number of carbonyl (C=O) groups excluding carboxylic acids is 1. The van der Waals surface area contributed by atoms with Crippen molar-refractivity contribution in [1.29, 1.82) is 0 Å². The molecule has 2 aliphatic heterocycles. The number of benzene rings is 1. The molecule has 2 aromatic rings. The first-order valence-electron chi connectivity index (χ1n) is 9.61. The third kappa shape index (κ3) is 4.29. The molecule has 1 N–H and O–H groups in total. The molecule has 0 bridgehead atoms. The van der Waals surface area contributed by atoms with Crippen LogP contribution in [0.5, 0.6) is 5.75 Å². The lowest BCUT2D eigenvalue weighted by Crippen LogP contribution is -2.36. The van der Waals surface area contributed by atoms with E-state index in [1.165, 1.54) is 0 Å². The largest absolute Gasteiger partial charge is 0.496 e. The second-order valence-corrected chi connectivity index (χ2v) is 7.71. The number of morpholine rings is 1. The predicted molar refractivity (Wildman–Crippen MR) is 108 cm³/mol. The molecule has 0 aliphatic carbocycles. The van der Waals surface area contributed by atoms with Gasteiger partial charge in [-0.25, -0.2) is 4.98 Å². The number of nitrogens with one attached hydrogen (secondary N) is 1. The smallest absolute Gasteiger partial charge is 0.251 e. The summed E-state index contributed by atoms with van der Waals surface area (Å²) in [6.07, 6.45) is 2.18. The minimum atomic E-state index is -0.108. The van der Waals surface area contributed by atoms with Gasteiger partial charge in [-0.1, -0.05) is 0 Å². The molecule has 150 valence electrons. The molecule has 1 aromatic carbocycles. The number of ether oxygens (including phenoxy) is 3. The molecule has 2 aliphatic rings. The number of thiazole rings is 1. The number of rotatable bonds is 6. The van der Waals surface area contributed by atoms with Crippen molar-refractivity contribution in [3.63, 3.8) is 0 Å². The van der Waals surface area contributed by atoms with Crippen LogP contribution < -0.4 is 15.0 Å². The number of hydrogen-bond acceptors (Lipinski definition) is 7. The van der Waals surface area contributed by atoms with Crippen LogP contribution >= 0.6 is 11.3 Å². The fourth-order valence-corrected chi connectivity index (χ4v) is 4.33. The Labute approximate surface area is 168 Å². The third-order valence-corrected chi connectivity index (χ3v) is 5.93. The Morgan fingerprint density at radius 1 is 1.36 bits per heavy atom. The van der Waals surface area contributed by atoms with Gasteiger partial charge in [-0.05, 0) is 31.0 Å². The number of carbonyl (C=O) groups is 1. The average molecular weight is 404 g/mol. The molecule has 28 heavy (non-hydrogen) atoms. The fraction of sp³-hybridized carbons (Fsp3) is 0.500. The van der Waals surface area contributed by atoms with Gasteiger partial charge in [0.25, 0.3) is 5.91 Å². The van der Waals surface area contributed by atoms with Crippen LogP contribution in [0.15, 0.2) is 23.6 Å². The highest BCUT2D eigenvalue weighted by Crippen LogP contribution is 2.34. The maximum Gasteiger partial charge on any atom is 0.251 e. The van der Waals surface area contributed by atoms with Crippen LogP contribution in [0.2, 0.25) is 0 Å². The van der Waals surface area contributed by atoms with E-state index in [0.717, 1.165) is 62.1 Å². The number of hydrogen-bond donors (Lipinski definition) is 1. The Bertz CT molecular complexity index is 814. The van der Waals surface area contributed by atoms with Crippen molar-refractivity contribution in [2.45, 2.75) is 18.9 Å². The highest BCUT2D eigenvalue weighted by atomic mass is 32.1. The molecule has 4 rings (SSSR count). The Balaban J connectivity index is 1.51. The summed E-state index contributed by atoms with van der Waals surface area (Å²) in [6, 6.07) is 5.45. The molecule has 0 saturated carbocycles. The first-order valence-corrected chi connectivity index (χ1v) is 10.5. The summed E-state index contributed by atoms with van der Waals surface area (Å²) in [5.74, 6) is 0.595. The third-order valence-electron chi connectivity index (χ3n) is 5.03. The summed E-state index contributed by atoms with van der Waals surface area (Å²) in [4.78, 5) is 19.6. The van der Waals surface area contributed by atoms with Crippen LogP contribution in [-0.2, 0) is 9.47 Å². The summed E-state index contributed by atoms with van der Waals surface area (Å²) < 4.78 is 16.5. The number of aromatic nitrogens is 1. The Morgan fingerprint density at radius 3 is 2.96 bits per heavy atom. The number of nitrogens with zero attached hydrogens (tertiary/aromatic N) is 2. The van der Waals surface area contributed by atoms with Gasteiger partial charge in [-0.2, -0.15) is 0 Å². The summed E-state index contributed by atoms with van der Waals surface area (Å²) in [6.45, 7) is 4.45. The van der Waals surface area contributed by atoms with Crippen molar-refractivity contribution in [2.75, 3.05) is 51.5 Å². The van der Waals surface area contributed by atoms with E-state index in [1.807, 2.05) is 17.5 Å². The molecule has 8 heteroatoms. The van der Waals surface area contributed by atoms with Gasteiger partial charge in [0.05, 0.1) is 32.1 Å². The first-order chi connectivity index (χ1) is 13.7. The van der Waals surface area contributed by atoms with Gasteiger partial charge >= 0.3 is 0 Å². The van der Waals surface area contributed by atoms with Crippen LogP contribution in [0.4, 0.5) is 5.13 Å². The summed E-state index contributed by atoms with van der Waals surface area (Å²) in [5.41, 5.74) is 2.23. The van der Waals surface area contributed by atoms with E-state index in [1.54, 1.807) is 24.5 Å². The Morgan fingerprint density at radius 2 is 2.21 bits per heavy atom. The SMILES string of the molecule is COc1ccc(C(=O)NCC2CCCO2)cc1-c1csc(N2CCOCC2)n1. The van der Waals surface area contributed by atoms with E-state index >= 15 is 0 Å². The van der Waals surface area contributed by atoms with E-state index in [4.69, 9.17) is 19.2 Å². The van der Waals surface area contributed by atoms with Crippen molar-refractivity contribution in [3.05, 3.63) is 29.1 Å². The quantitative estimate of drug-likeness (QED) is 0.799. The van der Waals surface area contributed by atoms with Gasteiger partial charge < -0.3 is 24.4 Å². The molecule has 7 nitrogen and oxygen atoms in total. The maximum absolute atomic E-state index is 12.6. The molecular formula is C20H25N3O4S. The highest BCUT2D eigenvalue weighted by molar-refractivity contribution is 7.14. The zero-order valence-electron chi connectivity index (χ0n) is 16.0. The zero-order valence-corrected chi connectivity index (χ0v) is 16.8. The topological polar surface area (TPSA) is 72.9 Å². The van der Waals surface area contributed by atoms with Gasteiger partial charge in [0.15, 0.2) is 5.13 Å². The monoisotopic (exact) mass is 403 g/mol. The van der Waals surface area contributed by atoms with Gasteiger partial charge in [0.2, 0.25) is 0 Å². The lowest BCUT2D eigenvalue weighted by atomic mass is 10.1. The standard InChI is InChI=1S/C20H25N3O4S/c1-25-18-5-4-14(19(24)21-12-15-3-2-8-27-15)11-16(18)17-13-28-20(22-17)23-6-9-26-10-7-23/h4-5,11,13,15H,2-3,6-10,12H2,1H3,(H,21,24). The molecule has 0 spiro atoms. The number of amides is 1. The highest BCUT2D eigenvalue weighted by Gasteiger charge is 2.20. The van der Waals surface area contributed by atoms with Crippen LogP contribution in [0.25, 0.3) is 11.3 Å². The zero-order chi connectivity index (χ0) is 19.3. The summed E-state index contributed by atoms with van der Waals surface area (Å²) >= 11 is 1.60. The Kier molecular flexibility index (Phi) is 6.09. The number of anilines is 1. The van der Waals surface area contributed by atoms with Crippen molar-refractivity contribution in [1.82, 2.24) is 10.3 Å². The fourth-order valence-electron chi connectivity index (χ4n) is 3.45. The number of methoxy groups -OCH3 is 1. The van der Waals surface area contributed by atoms with Crippen molar-refractivity contribution in [2.24, 2.45) is 0 Å². The molecule has 3 heterocycles. The first kappa shape index (κ1) is 19.2. The van der Waals surface area contributed by atoms with Gasteiger partial charge in [-0.3, -0.25) is 4.79 Å². The molecule has 0 radical (unpaired) electrons. The molecular weight excluding hydrogens is 378 g/mol. The van der Waals surface area contributed by atoms with Crippen molar-refractivity contribution >= 4 is 22.4 Å².